The number of halogens is 2. The summed E-state index contributed by atoms with van der Waals surface area (Å²) in [4.78, 5) is 11.8. The lowest BCUT2D eigenvalue weighted by molar-refractivity contribution is 0.0188. The first-order valence-electron chi connectivity index (χ1n) is 5.62. The summed E-state index contributed by atoms with van der Waals surface area (Å²) in [6, 6.07) is 4.70. The number of hydrogen-bond donors (Lipinski definition) is 2. The number of anilines is 1. The maximum Gasteiger partial charge on any atom is 0.261 e. The number of nitrogens with one attached hydrogen (secondary N) is 1. The van der Waals surface area contributed by atoms with Gasteiger partial charge in [-0.3, -0.25) is 4.79 Å². The number of amides is 1. The van der Waals surface area contributed by atoms with Gasteiger partial charge in [-0.05, 0) is 18.2 Å². The van der Waals surface area contributed by atoms with E-state index in [0.717, 1.165) is 0 Å². The lowest BCUT2D eigenvalue weighted by Crippen LogP contribution is -2.28. The SMILES string of the molecule is COc1ccc(N)c(C(=O)NCCOCC(F)F)c1. The van der Waals surface area contributed by atoms with E-state index in [1.807, 2.05) is 0 Å². The monoisotopic (exact) mass is 274 g/mol. The lowest BCUT2D eigenvalue weighted by atomic mass is 10.1. The van der Waals surface area contributed by atoms with E-state index in [9.17, 15) is 13.6 Å². The lowest BCUT2D eigenvalue weighted by Gasteiger charge is -2.09. The Kier molecular flexibility index (Phi) is 6.01. The first kappa shape index (κ1) is 15.2. The van der Waals surface area contributed by atoms with Gasteiger partial charge >= 0.3 is 0 Å². The summed E-state index contributed by atoms with van der Waals surface area (Å²) in [5, 5.41) is 2.52. The van der Waals surface area contributed by atoms with Crippen LogP contribution in [0.3, 0.4) is 0 Å². The summed E-state index contributed by atoms with van der Waals surface area (Å²) < 4.78 is 33.2. The first-order valence-corrected chi connectivity index (χ1v) is 5.62. The summed E-state index contributed by atoms with van der Waals surface area (Å²) in [7, 11) is 1.48. The number of nitrogens with two attached hydrogens (primary N) is 1. The van der Waals surface area contributed by atoms with E-state index in [-0.39, 0.29) is 18.7 Å². The first-order chi connectivity index (χ1) is 9.04. The van der Waals surface area contributed by atoms with Gasteiger partial charge in [0.05, 0.1) is 19.3 Å². The zero-order chi connectivity index (χ0) is 14.3. The van der Waals surface area contributed by atoms with Gasteiger partial charge in [0.1, 0.15) is 12.4 Å². The number of rotatable bonds is 7. The number of methoxy groups -OCH3 is 1. The molecular formula is C12H16F2N2O3. The minimum absolute atomic E-state index is 0.0138. The van der Waals surface area contributed by atoms with Crippen molar-refractivity contribution in [3.05, 3.63) is 23.8 Å². The number of hydrogen-bond acceptors (Lipinski definition) is 4. The molecule has 3 N–H and O–H groups in total. The highest BCUT2D eigenvalue weighted by Gasteiger charge is 2.10. The molecule has 1 aromatic carbocycles. The molecule has 0 spiro atoms. The van der Waals surface area contributed by atoms with Crippen LogP contribution >= 0.6 is 0 Å². The van der Waals surface area contributed by atoms with Crippen molar-refractivity contribution in [1.29, 1.82) is 0 Å². The molecule has 0 heterocycles. The van der Waals surface area contributed by atoms with Crippen LogP contribution in [0.5, 0.6) is 5.75 Å². The molecule has 0 radical (unpaired) electrons. The molecule has 0 saturated heterocycles. The van der Waals surface area contributed by atoms with E-state index in [1.54, 1.807) is 12.1 Å². The Morgan fingerprint density at radius 2 is 2.21 bits per heavy atom. The number of alkyl halides is 2. The van der Waals surface area contributed by atoms with Crippen LogP contribution in [0.4, 0.5) is 14.5 Å². The standard InChI is InChI=1S/C12H16F2N2O3/c1-18-8-2-3-10(15)9(6-8)12(17)16-4-5-19-7-11(13)14/h2-3,6,11H,4-5,7,15H2,1H3,(H,16,17). The Morgan fingerprint density at radius 1 is 1.47 bits per heavy atom. The molecule has 1 rings (SSSR count). The Morgan fingerprint density at radius 3 is 2.84 bits per heavy atom. The van der Waals surface area contributed by atoms with Crippen LogP contribution in [0.2, 0.25) is 0 Å². The van der Waals surface area contributed by atoms with E-state index in [1.165, 1.54) is 13.2 Å². The molecule has 0 saturated carbocycles. The van der Waals surface area contributed by atoms with Crippen LogP contribution in [-0.2, 0) is 4.74 Å². The minimum Gasteiger partial charge on any atom is -0.497 e. The molecule has 0 bridgehead atoms. The molecule has 0 unspecified atom stereocenters. The van der Waals surface area contributed by atoms with E-state index in [4.69, 9.17) is 10.5 Å². The normalized spacial score (nSPS) is 10.5. The van der Waals surface area contributed by atoms with Gasteiger partial charge in [-0.1, -0.05) is 0 Å². The van der Waals surface area contributed by atoms with Gasteiger partial charge in [-0.15, -0.1) is 0 Å². The highest BCUT2D eigenvalue weighted by molar-refractivity contribution is 5.99. The predicted octanol–water partition coefficient (Wildman–Crippen LogP) is 1.29. The van der Waals surface area contributed by atoms with Crippen molar-refractivity contribution in [2.75, 3.05) is 32.6 Å². The Hall–Kier alpha value is -1.89. The molecule has 1 amide bonds. The Bertz CT molecular complexity index is 427. The highest BCUT2D eigenvalue weighted by atomic mass is 19.3. The van der Waals surface area contributed by atoms with Gasteiger partial charge in [0.2, 0.25) is 0 Å². The van der Waals surface area contributed by atoms with Crippen LogP contribution < -0.4 is 15.8 Å². The molecule has 0 atom stereocenters. The summed E-state index contributed by atoms with van der Waals surface area (Å²) in [6.07, 6.45) is -2.51. The molecule has 1 aromatic rings. The maximum absolute atomic E-state index is 11.8. The molecule has 106 valence electrons. The van der Waals surface area contributed by atoms with Crippen LogP contribution in [0, 0.1) is 0 Å². The number of ether oxygens (including phenoxy) is 2. The molecule has 0 aliphatic carbocycles. The fraction of sp³-hybridized carbons (Fsp3) is 0.417. The van der Waals surface area contributed by atoms with E-state index >= 15 is 0 Å². The third-order valence-electron chi connectivity index (χ3n) is 2.28. The quantitative estimate of drug-likeness (QED) is 0.580. The van der Waals surface area contributed by atoms with E-state index in [0.29, 0.717) is 11.4 Å². The Labute approximate surface area is 109 Å². The number of nitrogen functional groups attached to an aromatic ring is 1. The summed E-state index contributed by atoms with van der Waals surface area (Å²) in [5.41, 5.74) is 6.25. The number of carbonyl (C=O) groups is 1. The van der Waals surface area contributed by atoms with Crippen molar-refractivity contribution in [1.82, 2.24) is 5.32 Å². The second kappa shape index (κ2) is 7.52. The summed E-state index contributed by atoms with van der Waals surface area (Å²) in [5.74, 6) is 0.102. The topological polar surface area (TPSA) is 73.6 Å². The van der Waals surface area contributed by atoms with Crippen molar-refractivity contribution < 1.29 is 23.0 Å². The molecule has 0 aliphatic heterocycles. The second-order valence-electron chi connectivity index (χ2n) is 3.68. The fourth-order valence-corrected chi connectivity index (χ4v) is 1.36. The Balaban J connectivity index is 2.45. The molecular weight excluding hydrogens is 258 g/mol. The third-order valence-corrected chi connectivity index (χ3v) is 2.28. The van der Waals surface area contributed by atoms with Gasteiger partial charge in [0.25, 0.3) is 12.3 Å². The van der Waals surface area contributed by atoms with Crippen molar-refractivity contribution in [3.8, 4) is 5.75 Å². The molecule has 0 fully saturated rings. The molecule has 7 heteroatoms. The van der Waals surface area contributed by atoms with Gasteiger partial charge < -0.3 is 20.5 Å². The number of benzene rings is 1. The van der Waals surface area contributed by atoms with Crippen LogP contribution in [0.1, 0.15) is 10.4 Å². The number of carbonyl (C=O) groups excluding carboxylic acids is 1. The van der Waals surface area contributed by atoms with Crippen molar-refractivity contribution in [3.63, 3.8) is 0 Å². The largest absolute Gasteiger partial charge is 0.497 e. The molecule has 19 heavy (non-hydrogen) atoms. The zero-order valence-corrected chi connectivity index (χ0v) is 10.5. The van der Waals surface area contributed by atoms with Crippen molar-refractivity contribution in [2.24, 2.45) is 0 Å². The second-order valence-corrected chi connectivity index (χ2v) is 3.68. The van der Waals surface area contributed by atoms with Gasteiger partial charge in [0, 0.05) is 12.2 Å². The van der Waals surface area contributed by atoms with E-state index in [2.05, 4.69) is 10.1 Å². The average Bonchev–Trinajstić information content (AvgIpc) is 2.38. The maximum atomic E-state index is 11.8. The minimum atomic E-state index is -2.51. The highest BCUT2D eigenvalue weighted by Crippen LogP contribution is 2.19. The van der Waals surface area contributed by atoms with Crippen molar-refractivity contribution >= 4 is 11.6 Å². The molecule has 0 aromatic heterocycles. The fourth-order valence-electron chi connectivity index (χ4n) is 1.36. The molecule has 0 aliphatic rings. The molecule has 5 nitrogen and oxygen atoms in total. The summed E-state index contributed by atoms with van der Waals surface area (Å²) in [6.45, 7) is -0.501. The third kappa shape index (κ3) is 5.09. The van der Waals surface area contributed by atoms with Crippen molar-refractivity contribution in [2.45, 2.75) is 6.43 Å². The van der Waals surface area contributed by atoms with Gasteiger partial charge in [0.15, 0.2) is 0 Å². The van der Waals surface area contributed by atoms with Gasteiger partial charge in [-0.25, -0.2) is 8.78 Å². The van der Waals surface area contributed by atoms with Crippen LogP contribution in [0.25, 0.3) is 0 Å². The smallest absolute Gasteiger partial charge is 0.261 e. The zero-order valence-electron chi connectivity index (χ0n) is 10.5. The average molecular weight is 274 g/mol. The summed E-state index contributed by atoms with van der Waals surface area (Å²) >= 11 is 0. The van der Waals surface area contributed by atoms with Crippen LogP contribution in [0.15, 0.2) is 18.2 Å². The predicted molar refractivity (Wildman–Crippen MR) is 66.6 cm³/mol. The van der Waals surface area contributed by atoms with E-state index < -0.39 is 18.9 Å². The van der Waals surface area contributed by atoms with Crippen LogP contribution in [-0.4, -0.2) is 39.2 Å². The van der Waals surface area contributed by atoms with Gasteiger partial charge in [-0.2, -0.15) is 0 Å².